The van der Waals surface area contributed by atoms with Gasteiger partial charge in [0.1, 0.15) is 0 Å². The molecule has 4 heteroatoms. The molecule has 2 N–H and O–H groups in total. The molecule has 0 aromatic heterocycles. The molecule has 2 rings (SSSR count). The van der Waals surface area contributed by atoms with Gasteiger partial charge in [-0.2, -0.15) is 0 Å². The zero-order valence-corrected chi connectivity index (χ0v) is 12.5. The average molecular weight is 275 g/mol. The van der Waals surface area contributed by atoms with Gasteiger partial charge in [0.15, 0.2) is 0 Å². The summed E-state index contributed by atoms with van der Waals surface area (Å²) in [6, 6.07) is 10.2. The van der Waals surface area contributed by atoms with Crippen LogP contribution in [-0.2, 0) is 4.79 Å². The molecule has 110 valence electrons. The quantitative estimate of drug-likeness (QED) is 0.890. The second-order valence-corrected chi connectivity index (χ2v) is 5.70. The molecule has 1 amide bonds. The van der Waals surface area contributed by atoms with E-state index in [1.54, 1.807) is 4.90 Å². The van der Waals surface area contributed by atoms with E-state index in [0.29, 0.717) is 18.5 Å². The average Bonchev–Trinajstić information content (AvgIpc) is 2.95. The molecule has 1 fully saturated rings. The predicted molar refractivity (Wildman–Crippen MR) is 82.7 cm³/mol. The zero-order chi connectivity index (χ0) is 14.5. The molecule has 0 radical (unpaired) electrons. The summed E-state index contributed by atoms with van der Waals surface area (Å²) in [5.41, 5.74) is 6.76. The molecule has 1 aromatic rings. The highest BCUT2D eigenvalue weighted by Crippen LogP contribution is 2.28. The Labute approximate surface area is 121 Å². The molecule has 4 nitrogen and oxygen atoms in total. The van der Waals surface area contributed by atoms with Crippen LogP contribution in [-0.4, -0.2) is 44.0 Å². The third-order valence-electron chi connectivity index (χ3n) is 4.39. The van der Waals surface area contributed by atoms with Crippen molar-refractivity contribution in [2.75, 3.05) is 32.1 Å². The predicted octanol–water partition coefficient (Wildman–Crippen LogP) is 1.71. The fourth-order valence-electron chi connectivity index (χ4n) is 3.10. The summed E-state index contributed by atoms with van der Waals surface area (Å²) in [7, 11) is 3.87. The number of carbonyl (C=O) groups excluding carboxylic acids is 1. The van der Waals surface area contributed by atoms with E-state index in [1.807, 2.05) is 44.4 Å². The maximum Gasteiger partial charge on any atom is 0.240 e. The van der Waals surface area contributed by atoms with Gasteiger partial charge in [-0.25, -0.2) is 0 Å². The van der Waals surface area contributed by atoms with Crippen molar-refractivity contribution in [3.8, 4) is 0 Å². The monoisotopic (exact) mass is 275 g/mol. The summed E-state index contributed by atoms with van der Waals surface area (Å²) in [5.74, 6) is 0.663. The summed E-state index contributed by atoms with van der Waals surface area (Å²) < 4.78 is 0. The van der Waals surface area contributed by atoms with Crippen molar-refractivity contribution >= 4 is 11.6 Å². The van der Waals surface area contributed by atoms with Crippen LogP contribution in [0.15, 0.2) is 30.3 Å². The van der Waals surface area contributed by atoms with E-state index in [-0.39, 0.29) is 5.91 Å². The van der Waals surface area contributed by atoms with Crippen molar-refractivity contribution in [2.45, 2.75) is 25.3 Å². The summed E-state index contributed by atoms with van der Waals surface area (Å²) >= 11 is 0. The van der Waals surface area contributed by atoms with Gasteiger partial charge in [0, 0.05) is 18.8 Å². The summed E-state index contributed by atoms with van der Waals surface area (Å²) in [5, 5.41) is 0. The molecular weight excluding hydrogens is 250 g/mol. The number of hydrogen-bond donors (Lipinski definition) is 1. The van der Waals surface area contributed by atoms with Gasteiger partial charge in [0.05, 0.1) is 6.54 Å². The van der Waals surface area contributed by atoms with Crippen LogP contribution < -0.4 is 10.6 Å². The van der Waals surface area contributed by atoms with E-state index in [4.69, 9.17) is 5.73 Å². The van der Waals surface area contributed by atoms with Crippen molar-refractivity contribution in [1.29, 1.82) is 0 Å². The maximum atomic E-state index is 12.4. The van der Waals surface area contributed by atoms with Gasteiger partial charge in [-0.3, -0.25) is 9.69 Å². The lowest BCUT2D eigenvalue weighted by atomic mass is 10.0. The lowest BCUT2D eigenvalue weighted by molar-refractivity contribution is -0.119. The third-order valence-corrected chi connectivity index (χ3v) is 4.39. The molecule has 0 bridgehead atoms. The summed E-state index contributed by atoms with van der Waals surface area (Å²) in [4.78, 5) is 16.3. The van der Waals surface area contributed by atoms with Gasteiger partial charge in [-0.1, -0.05) is 24.6 Å². The Morgan fingerprint density at radius 2 is 1.95 bits per heavy atom. The standard InChI is InChI=1S/C16H25N3O/c1-18(15-10-6-7-13(15)11-17)12-16(20)19(2)14-8-4-3-5-9-14/h3-5,8-9,13,15H,6-7,10-12,17H2,1-2H3. The van der Waals surface area contributed by atoms with Gasteiger partial charge in [-0.15, -0.1) is 0 Å². The van der Waals surface area contributed by atoms with E-state index in [9.17, 15) is 4.79 Å². The molecule has 2 unspecified atom stereocenters. The molecule has 1 aromatic carbocycles. The summed E-state index contributed by atoms with van der Waals surface area (Å²) in [6.45, 7) is 1.17. The number of para-hydroxylation sites is 1. The zero-order valence-electron chi connectivity index (χ0n) is 12.5. The molecule has 2 atom stereocenters. The van der Waals surface area contributed by atoms with Gasteiger partial charge < -0.3 is 10.6 Å². The van der Waals surface area contributed by atoms with Crippen LogP contribution in [0.2, 0.25) is 0 Å². The van der Waals surface area contributed by atoms with Crippen LogP contribution in [0.5, 0.6) is 0 Å². The summed E-state index contributed by atoms with van der Waals surface area (Å²) in [6.07, 6.45) is 3.56. The van der Waals surface area contributed by atoms with Crippen LogP contribution in [0.1, 0.15) is 19.3 Å². The Balaban J connectivity index is 1.94. The van der Waals surface area contributed by atoms with Crippen LogP contribution >= 0.6 is 0 Å². The third kappa shape index (κ3) is 3.38. The molecule has 0 saturated heterocycles. The number of likely N-dealkylation sites (N-methyl/N-ethyl adjacent to an activating group) is 2. The Morgan fingerprint density at radius 3 is 2.60 bits per heavy atom. The smallest absolute Gasteiger partial charge is 0.240 e. The number of carbonyl (C=O) groups is 1. The molecule has 0 spiro atoms. The van der Waals surface area contributed by atoms with Crippen LogP contribution in [0.3, 0.4) is 0 Å². The van der Waals surface area contributed by atoms with Crippen molar-refractivity contribution in [2.24, 2.45) is 11.7 Å². The van der Waals surface area contributed by atoms with Crippen molar-refractivity contribution < 1.29 is 4.79 Å². The van der Waals surface area contributed by atoms with E-state index < -0.39 is 0 Å². The first-order chi connectivity index (χ1) is 9.63. The first-order valence-corrected chi connectivity index (χ1v) is 7.35. The molecule has 20 heavy (non-hydrogen) atoms. The fourth-order valence-corrected chi connectivity index (χ4v) is 3.10. The first-order valence-electron chi connectivity index (χ1n) is 7.35. The number of nitrogens with two attached hydrogens (primary N) is 1. The minimum Gasteiger partial charge on any atom is -0.330 e. The van der Waals surface area contributed by atoms with E-state index in [2.05, 4.69) is 4.90 Å². The highest BCUT2D eigenvalue weighted by atomic mass is 16.2. The molecule has 0 aliphatic heterocycles. The molecule has 1 saturated carbocycles. The van der Waals surface area contributed by atoms with Crippen molar-refractivity contribution in [3.63, 3.8) is 0 Å². The van der Waals surface area contributed by atoms with Gasteiger partial charge in [0.2, 0.25) is 5.91 Å². The minimum absolute atomic E-state index is 0.126. The second kappa shape index (κ2) is 6.86. The Bertz CT molecular complexity index is 435. The normalized spacial score (nSPS) is 22.2. The van der Waals surface area contributed by atoms with Gasteiger partial charge in [-0.05, 0) is 44.5 Å². The Morgan fingerprint density at radius 1 is 1.25 bits per heavy atom. The van der Waals surface area contributed by atoms with Crippen LogP contribution in [0.25, 0.3) is 0 Å². The lowest BCUT2D eigenvalue weighted by Crippen LogP contribution is -2.44. The van der Waals surface area contributed by atoms with E-state index in [1.165, 1.54) is 12.8 Å². The fraction of sp³-hybridized carbons (Fsp3) is 0.562. The Kier molecular flexibility index (Phi) is 5.15. The van der Waals surface area contributed by atoms with E-state index in [0.717, 1.165) is 18.7 Å². The van der Waals surface area contributed by atoms with Crippen LogP contribution in [0.4, 0.5) is 5.69 Å². The van der Waals surface area contributed by atoms with E-state index >= 15 is 0 Å². The maximum absolute atomic E-state index is 12.4. The number of hydrogen-bond acceptors (Lipinski definition) is 3. The molecule has 1 aliphatic carbocycles. The largest absolute Gasteiger partial charge is 0.330 e. The van der Waals surface area contributed by atoms with Crippen LogP contribution in [0, 0.1) is 5.92 Å². The van der Waals surface area contributed by atoms with Gasteiger partial charge >= 0.3 is 0 Å². The number of benzene rings is 1. The topological polar surface area (TPSA) is 49.6 Å². The van der Waals surface area contributed by atoms with Gasteiger partial charge in [0.25, 0.3) is 0 Å². The Hall–Kier alpha value is -1.39. The second-order valence-electron chi connectivity index (χ2n) is 5.70. The van der Waals surface area contributed by atoms with Crippen molar-refractivity contribution in [1.82, 2.24) is 4.90 Å². The number of rotatable bonds is 5. The molecule has 1 aliphatic rings. The number of anilines is 1. The first kappa shape index (κ1) is 15.0. The highest BCUT2D eigenvalue weighted by Gasteiger charge is 2.30. The SMILES string of the molecule is CN(C(=O)CN(C)C1CCCC1CN)c1ccccc1. The molecular formula is C16H25N3O. The lowest BCUT2D eigenvalue weighted by Gasteiger charge is -2.30. The number of nitrogens with zero attached hydrogens (tertiary/aromatic N) is 2. The van der Waals surface area contributed by atoms with Crippen molar-refractivity contribution in [3.05, 3.63) is 30.3 Å². The highest BCUT2D eigenvalue weighted by molar-refractivity contribution is 5.94. The minimum atomic E-state index is 0.126. The number of amides is 1. The molecule has 0 heterocycles.